The molecule has 0 aliphatic heterocycles. The van der Waals surface area contributed by atoms with Gasteiger partial charge in [0.05, 0.1) is 11.4 Å². The molecular formula is C14H14ClF4N3. The van der Waals surface area contributed by atoms with E-state index in [1.165, 1.54) is 0 Å². The lowest BCUT2D eigenvalue weighted by Gasteiger charge is -2.06. The van der Waals surface area contributed by atoms with E-state index >= 15 is 0 Å². The number of halogens is 5. The summed E-state index contributed by atoms with van der Waals surface area (Å²) in [4.78, 5) is 2.86. The first-order chi connectivity index (χ1) is 10.3. The van der Waals surface area contributed by atoms with Crippen molar-refractivity contribution in [3.8, 4) is 0 Å². The van der Waals surface area contributed by atoms with Gasteiger partial charge in [-0.3, -0.25) is 0 Å². The van der Waals surface area contributed by atoms with E-state index in [0.717, 1.165) is 24.5 Å². The number of aromatic nitrogens is 1. The lowest BCUT2D eigenvalue weighted by atomic mass is 10.3. The van der Waals surface area contributed by atoms with Crippen LogP contribution in [0.2, 0.25) is 5.02 Å². The van der Waals surface area contributed by atoms with Crippen molar-refractivity contribution in [2.24, 2.45) is 0 Å². The Morgan fingerprint density at radius 1 is 1.27 bits per heavy atom. The molecule has 0 saturated heterocycles. The molecule has 1 aromatic heterocycles. The summed E-state index contributed by atoms with van der Waals surface area (Å²) in [5.41, 5.74) is 5.96. The van der Waals surface area contributed by atoms with Crippen LogP contribution in [0.25, 0.3) is 0 Å². The summed E-state index contributed by atoms with van der Waals surface area (Å²) in [5.74, 6) is -1.49. The largest absolute Gasteiger partial charge is 0.420 e. The van der Waals surface area contributed by atoms with E-state index < -0.39 is 17.7 Å². The van der Waals surface area contributed by atoms with Gasteiger partial charge in [-0.25, -0.2) is 4.98 Å². The fourth-order valence-corrected chi connectivity index (χ4v) is 1.66. The SMILES string of the molecule is CCNc1ccc(Cl)cc1N.Fc1ncccc1C(F)(F)F. The van der Waals surface area contributed by atoms with Gasteiger partial charge in [-0.05, 0) is 37.3 Å². The van der Waals surface area contributed by atoms with Gasteiger partial charge >= 0.3 is 6.18 Å². The second kappa shape index (κ2) is 7.84. The molecule has 2 aromatic rings. The number of rotatable bonds is 2. The normalized spacial score (nSPS) is 10.6. The molecule has 120 valence electrons. The molecule has 0 aliphatic rings. The van der Waals surface area contributed by atoms with Gasteiger partial charge in [0, 0.05) is 17.8 Å². The van der Waals surface area contributed by atoms with Crippen LogP contribution in [0, 0.1) is 5.95 Å². The van der Waals surface area contributed by atoms with Crippen LogP contribution in [0.5, 0.6) is 0 Å². The Hall–Kier alpha value is -2.02. The van der Waals surface area contributed by atoms with Crippen molar-refractivity contribution in [3.63, 3.8) is 0 Å². The highest BCUT2D eigenvalue weighted by Gasteiger charge is 2.34. The molecule has 0 unspecified atom stereocenters. The Morgan fingerprint density at radius 2 is 1.95 bits per heavy atom. The molecule has 1 aromatic carbocycles. The van der Waals surface area contributed by atoms with E-state index in [4.69, 9.17) is 17.3 Å². The summed E-state index contributed by atoms with van der Waals surface area (Å²) in [7, 11) is 0. The number of pyridine rings is 1. The lowest BCUT2D eigenvalue weighted by Crippen LogP contribution is -2.08. The highest BCUT2D eigenvalue weighted by molar-refractivity contribution is 6.31. The molecular weight excluding hydrogens is 322 g/mol. The Labute approximate surface area is 130 Å². The monoisotopic (exact) mass is 335 g/mol. The minimum absolute atomic E-state index is 0.641. The smallest absolute Gasteiger partial charge is 0.397 e. The third-order valence-electron chi connectivity index (χ3n) is 2.45. The molecule has 8 heteroatoms. The van der Waals surface area contributed by atoms with E-state index in [1.54, 1.807) is 6.07 Å². The summed E-state index contributed by atoms with van der Waals surface area (Å²) in [6, 6.07) is 7.10. The average molecular weight is 336 g/mol. The fraction of sp³-hybridized carbons (Fsp3) is 0.214. The molecule has 0 radical (unpaired) electrons. The van der Waals surface area contributed by atoms with Crippen molar-refractivity contribution in [2.75, 3.05) is 17.6 Å². The van der Waals surface area contributed by atoms with E-state index in [-0.39, 0.29) is 0 Å². The van der Waals surface area contributed by atoms with Crippen LogP contribution in [0.3, 0.4) is 0 Å². The van der Waals surface area contributed by atoms with Crippen molar-refractivity contribution in [2.45, 2.75) is 13.1 Å². The van der Waals surface area contributed by atoms with Gasteiger partial charge < -0.3 is 11.1 Å². The van der Waals surface area contributed by atoms with Crippen LogP contribution in [-0.4, -0.2) is 11.5 Å². The zero-order chi connectivity index (χ0) is 16.8. The molecule has 3 nitrogen and oxygen atoms in total. The summed E-state index contributed by atoms with van der Waals surface area (Å²) in [5, 5.41) is 3.79. The van der Waals surface area contributed by atoms with Crippen LogP contribution in [0.15, 0.2) is 36.5 Å². The zero-order valence-electron chi connectivity index (χ0n) is 11.6. The Kier molecular flexibility index (Phi) is 6.42. The lowest BCUT2D eigenvalue weighted by molar-refractivity contribution is -0.140. The van der Waals surface area contributed by atoms with Crippen LogP contribution in [0.1, 0.15) is 12.5 Å². The molecule has 22 heavy (non-hydrogen) atoms. The number of alkyl halides is 3. The fourth-order valence-electron chi connectivity index (χ4n) is 1.48. The van der Waals surface area contributed by atoms with Crippen molar-refractivity contribution in [1.82, 2.24) is 4.98 Å². The summed E-state index contributed by atoms with van der Waals surface area (Å²) in [6.45, 7) is 2.89. The molecule has 2 rings (SSSR count). The second-order valence-electron chi connectivity index (χ2n) is 4.10. The van der Waals surface area contributed by atoms with Crippen molar-refractivity contribution in [1.29, 1.82) is 0 Å². The van der Waals surface area contributed by atoms with Gasteiger partial charge in [0.15, 0.2) is 0 Å². The van der Waals surface area contributed by atoms with Crippen molar-refractivity contribution < 1.29 is 17.6 Å². The molecule has 0 aliphatic carbocycles. The predicted octanol–water partition coefficient (Wildman–Crippen LogP) is 4.59. The molecule has 0 amide bonds. The first-order valence-electron chi connectivity index (χ1n) is 6.22. The van der Waals surface area contributed by atoms with Crippen LogP contribution in [0.4, 0.5) is 28.9 Å². The highest BCUT2D eigenvalue weighted by atomic mass is 35.5. The second-order valence-corrected chi connectivity index (χ2v) is 4.54. The Bertz CT molecular complexity index is 617. The van der Waals surface area contributed by atoms with E-state index in [0.29, 0.717) is 16.8 Å². The van der Waals surface area contributed by atoms with Gasteiger partial charge in [0.25, 0.3) is 0 Å². The molecule has 0 bridgehead atoms. The van der Waals surface area contributed by atoms with E-state index in [1.807, 2.05) is 19.1 Å². The maximum atomic E-state index is 12.3. The molecule has 0 saturated carbocycles. The van der Waals surface area contributed by atoms with Gasteiger partial charge in [0.2, 0.25) is 5.95 Å². The van der Waals surface area contributed by atoms with Crippen molar-refractivity contribution >= 4 is 23.0 Å². The number of anilines is 2. The topological polar surface area (TPSA) is 50.9 Å². The highest BCUT2D eigenvalue weighted by Crippen LogP contribution is 2.29. The third-order valence-corrected chi connectivity index (χ3v) is 2.68. The molecule has 0 fully saturated rings. The maximum Gasteiger partial charge on any atom is 0.420 e. The van der Waals surface area contributed by atoms with Crippen LogP contribution < -0.4 is 11.1 Å². The number of benzene rings is 1. The van der Waals surface area contributed by atoms with Crippen LogP contribution >= 0.6 is 11.6 Å². The molecule has 0 spiro atoms. The minimum atomic E-state index is -4.65. The van der Waals surface area contributed by atoms with Gasteiger partial charge in [-0.2, -0.15) is 17.6 Å². The van der Waals surface area contributed by atoms with E-state index in [9.17, 15) is 17.6 Å². The first kappa shape index (κ1) is 18.0. The first-order valence-corrected chi connectivity index (χ1v) is 6.60. The average Bonchev–Trinajstić information content (AvgIpc) is 2.42. The summed E-state index contributed by atoms with van der Waals surface area (Å²) >= 11 is 5.71. The van der Waals surface area contributed by atoms with Crippen LogP contribution in [-0.2, 0) is 6.18 Å². The number of nitrogens with two attached hydrogens (primary N) is 1. The number of hydrogen-bond acceptors (Lipinski definition) is 3. The summed E-state index contributed by atoms with van der Waals surface area (Å²) in [6.07, 6.45) is -3.69. The van der Waals surface area contributed by atoms with E-state index in [2.05, 4.69) is 10.3 Å². The Morgan fingerprint density at radius 3 is 2.41 bits per heavy atom. The summed E-state index contributed by atoms with van der Waals surface area (Å²) < 4.78 is 47.6. The zero-order valence-corrected chi connectivity index (χ0v) is 12.3. The number of nitrogens with zero attached hydrogens (tertiary/aromatic N) is 1. The number of nitrogens with one attached hydrogen (secondary N) is 1. The quantitative estimate of drug-likeness (QED) is 0.479. The maximum absolute atomic E-state index is 12.3. The predicted molar refractivity (Wildman–Crippen MR) is 79.2 cm³/mol. The van der Waals surface area contributed by atoms with Gasteiger partial charge in [0.1, 0.15) is 5.56 Å². The van der Waals surface area contributed by atoms with Gasteiger partial charge in [-0.15, -0.1) is 0 Å². The molecule has 0 atom stereocenters. The molecule has 1 heterocycles. The third kappa shape index (κ3) is 5.40. The number of hydrogen-bond donors (Lipinski definition) is 2. The Balaban J connectivity index is 0.000000220. The number of nitrogen functional groups attached to an aromatic ring is 1. The molecule has 3 N–H and O–H groups in total. The van der Waals surface area contributed by atoms with Gasteiger partial charge in [-0.1, -0.05) is 11.6 Å². The standard InChI is InChI=1S/C8H11ClN2.C6H3F4N/c1-2-11-8-4-3-6(9)5-7(8)10;7-5-4(6(8,9)10)2-1-3-11-5/h3-5,11H,2,10H2,1H3;1-3H. The van der Waals surface area contributed by atoms with Crippen molar-refractivity contribution in [3.05, 3.63) is 53.1 Å². The minimum Gasteiger partial charge on any atom is -0.397 e.